The van der Waals surface area contributed by atoms with Gasteiger partial charge in [-0.15, -0.1) is 0 Å². The van der Waals surface area contributed by atoms with E-state index >= 15 is 0 Å². The molecule has 0 bridgehead atoms. The van der Waals surface area contributed by atoms with Crippen molar-refractivity contribution >= 4 is 5.97 Å². The quantitative estimate of drug-likeness (QED) is 0.812. The van der Waals surface area contributed by atoms with Gasteiger partial charge in [0.05, 0.1) is 0 Å². The predicted octanol–water partition coefficient (Wildman–Crippen LogP) is 1.43. The van der Waals surface area contributed by atoms with Gasteiger partial charge in [-0.1, -0.05) is 0 Å². The Hall–Kier alpha value is -1.50. The summed E-state index contributed by atoms with van der Waals surface area (Å²) in [5.74, 6) is -4.09. The molecule has 1 heterocycles. The summed E-state index contributed by atoms with van der Waals surface area (Å²) >= 11 is 0. The Kier molecular flexibility index (Phi) is 3.04. The van der Waals surface area contributed by atoms with Crippen molar-refractivity contribution in [3.63, 3.8) is 0 Å². The van der Waals surface area contributed by atoms with Crippen LogP contribution in [0.2, 0.25) is 0 Å². The minimum absolute atomic E-state index is 0.294. The van der Waals surface area contributed by atoms with Crippen LogP contribution < -0.4 is 5.73 Å². The van der Waals surface area contributed by atoms with Gasteiger partial charge in [-0.25, -0.2) is 0 Å². The molecule has 0 aliphatic rings. The Labute approximate surface area is 82.5 Å². The fourth-order valence-electron chi connectivity index (χ4n) is 1.03. The molecule has 0 saturated carbocycles. The summed E-state index contributed by atoms with van der Waals surface area (Å²) in [4.78, 5) is 10.6. The standard InChI is InChI=1S/C8H8F3NO3/c9-8(10,11)6-2-1-5(15-6)4(3-12)7(13)14/h1-2,4H,3,12H2,(H,13,14). The van der Waals surface area contributed by atoms with Gasteiger partial charge in [0.1, 0.15) is 11.7 Å². The van der Waals surface area contributed by atoms with E-state index < -0.39 is 23.8 Å². The molecule has 7 heteroatoms. The number of carboxylic acid groups (broad SMARTS) is 1. The van der Waals surface area contributed by atoms with Crippen LogP contribution in [-0.2, 0) is 11.0 Å². The van der Waals surface area contributed by atoms with E-state index in [9.17, 15) is 18.0 Å². The van der Waals surface area contributed by atoms with Gasteiger partial charge < -0.3 is 15.3 Å². The van der Waals surface area contributed by atoms with E-state index in [2.05, 4.69) is 4.42 Å². The van der Waals surface area contributed by atoms with Crippen LogP contribution >= 0.6 is 0 Å². The summed E-state index contributed by atoms with van der Waals surface area (Å²) in [5.41, 5.74) is 5.10. The van der Waals surface area contributed by atoms with Gasteiger partial charge in [0, 0.05) is 6.54 Å². The molecule has 84 valence electrons. The van der Waals surface area contributed by atoms with Crippen molar-refractivity contribution in [2.75, 3.05) is 6.54 Å². The molecule has 0 amide bonds. The Bertz CT molecular complexity index is 358. The number of hydrogen-bond acceptors (Lipinski definition) is 3. The number of furan rings is 1. The molecule has 0 saturated heterocycles. The SMILES string of the molecule is NCC(C(=O)O)c1ccc(C(F)(F)F)o1. The highest BCUT2D eigenvalue weighted by Gasteiger charge is 2.36. The number of rotatable bonds is 3. The fourth-order valence-corrected chi connectivity index (χ4v) is 1.03. The van der Waals surface area contributed by atoms with Crippen LogP contribution in [0.4, 0.5) is 13.2 Å². The van der Waals surface area contributed by atoms with Gasteiger partial charge in [0.15, 0.2) is 0 Å². The maximum atomic E-state index is 12.1. The molecule has 0 aliphatic carbocycles. The van der Waals surface area contributed by atoms with Crippen LogP contribution in [0.1, 0.15) is 17.4 Å². The van der Waals surface area contributed by atoms with E-state index in [1.807, 2.05) is 0 Å². The molecule has 1 aromatic rings. The second-order valence-corrected chi connectivity index (χ2v) is 2.83. The third kappa shape index (κ3) is 2.50. The van der Waals surface area contributed by atoms with Crippen LogP contribution in [-0.4, -0.2) is 17.6 Å². The summed E-state index contributed by atoms with van der Waals surface area (Å²) in [5, 5.41) is 8.62. The number of nitrogens with two attached hydrogens (primary N) is 1. The van der Waals surface area contributed by atoms with E-state index in [1.165, 1.54) is 0 Å². The number of alkyl halides is 3. The van der Waals surface area contributed by atoms with Crippen molar-refractivity contribution in [2.45, 2.75) is 12.1 Å². The third-order valence-electron chi connectivity index (χ3n) is 1.78. The van der Waals surface area contributed by atoms with Gasteiger partial charge >= 0.3 is 12.1 Å². The number of aliphatic carboxylic acids is 1. The lowest BCUT2D eigenvalue weighted by Gasteiger charge is -2.06. The molecule has 15 heavy (non-hydrogen) atoms. The number of carboxylic acids is 1. The molecule has 0 aromatic carbocycles. The van der Waals surface area contributed by atoms with E-state index in [0.717, 1.165) is 6.07 Å². The summed E-state index contributed by atoms with van der Waals surface area (Å²) in [6, 6.07) is 1.65. The minimum Gasteiger partial charge on any atom is -0.481 e. The topological polar surface area (TPSA) is 76.5 Å². The lowest BCUT2D eigenvalue weighted by molar-refractivity contribution is -0.154. The van der Waals surface area contributed by atoms with Gasteiger partial charge in [0.25, 0.3) is 0 Å². The molecule has 0 radical (unpaired) electrons. The molecule has 1 atom stereocenters. The number of carbonyl (C=O) groups is 1. The lowest BCUT2D eigenvalue weighted by atomic mass is 10.1. The Morgan fingerprint density at radius 2 is 2.13 bits per heavy atom. The first kappa shape index (κ1) is 11.6. The normalized spacial score (nSPS) is 13.9. The zero-order valence-corrected chi connectivity index (χ0v) is 7.41. The van der Waals surface area contributed by atoms with E-state index in [0.29, 0.717) is 6.07 Å². The molecule has 4 nitrogen and oxygen atoms in total. The molecule has 0 fully saturated rings. The number of hydrogen-bond donors (Lipinski definition) is 2. The van der Waals surface area contributed by atoms with Gasteiger partial charge in [0.2, 0.25) is 5.76 Å². The average Bonchev–Trinajstić information content (AvgIpc) is 2.52. The smallest absolute Gasteiger partial charge is 0.449 e. The average molecular weight is 223 g/mol. The Morgan fingerprint density at radius 3 is 2.47 bits per heavy atom. The maximum Gasteiger partial charge on any atom is 0.449 e. The highest BCUT2D eigenvalue weighted by atomic mass is 19.4. The van der Waals surface area contributed by atoms with Crippen molar-refractivity contribution in [1.29, 1.82) is 0 Å². The second-order valence-electron chi connectivity index (χ2n) is 2.83. The van der Waals surface area contributed by atoms with Gasteiger partial charge in [-0.05, 0) is 12.1 Å². The molecular weight excluding hydrogens is 215 g/mol. The van der Waals surface area contributed by atoms with Crippen LogP contribution in [0.15, 0.2) is 16.5 Å². The molecule has 0 spiro atoms. The number of halogens is 3. The molecule has 3 N–H and O–H groups in total. The molecule has 1 unspecified atom stereocenters. The molecular formula is C8H8F3NO3. The molecule has 1 rings (SSSR count). The minimum atomic E-state index is -4.62. The summed E-state index contributed by atoms with van der Waals surface area (Å²) in [7, 11) is 0. The monoisotopic (exact) mass is 223 g/mol. The van der Waals surface area contributed by atoms with E-state index in [4.69, 9.17) is 10.8 Å². The highest BCUT2D eigenvalue weighted by molar-refractivity contribution is 5.75. The van der Waals surface area contributed by atoms with Gasteiger partial charge in [-0.2, -0.15) is 13.2 Å². The largest absolute Gasteiger partial charge is 0.481 e. The first-order valence-corrected chi connectivity index (χ1v) is 3.96. The second kappa shape index (κ2) is 3.93. The van der Waals surface area contributed by atoms with Crippen molar-refractivity contribution < 1.29 is 27.5 Å². The van der Waals surface area contributed by atoms with Gasteiger partial charge in [-0.3, -0.25) is 4.79 Å². The molecule has 1 aromatic heterocycles. The van der Waals surface area contributed by atoms with Crippen LogP contribution in [0, 0.1) is 0 Å². The fraction of sp³-hybridized carbons (Fsp3) is 0.375. The highest BCUT2D eigenvalue weighted by Crippen LogP contribution is 2.32. The third-order valence-corrected chi connectivity index (χ3v) is 1.78. The van der Waals surface area contributed by atoms with Crippen molar-refractivity contribution in [2.24, 2.45) is 5.73 Å². The summed E-state index contributed by atoms with van der Waals surface area (Å²) in [6.07, 6.45) is -4.62. The zero-order valence-electron chi connectivity index (χ0n) is 7.41. The summed E-state index contributed by atoms with van der Waals surface area (Å²) < 4.78 is 40.7. The first-order chi connectivity index (χ1) is 6.86. The molecule has 0 aliphatic heterocycles. The van der Waals surface area contributed by atoms with Crippen LogP contribution in [0.3, 0.4) is 0 Å². The lowest BCUT2D eigenvalue weighted by Crippen LogP contribution is -2.20. The zero-order chi connectivity index (χ0) is 11.6. The Balaban J connectivity index is 2.97. The summed E-state index contributed by atoms with van der Waals surface area (Å²) in [6.45, 7) is -0.319. The van der Waals surface area contributed by atoms with Crippen molar-refractivity contribution in [1.82, 2.24) is 0 Å². The van der Waals surface area contributed by atoms with E-state index in [1.54, 1.807) is 0 Å². The predicted molar refractivity (Wildman–Crippen MR) is 43.1 cm³/mol. The first-order valence-electron chi connectivity index (χ1n) is 3.96. The Morgan fingerprint density at radius 1 is 1.53 bits per heavy atom. The maximum absolute atomic E-state index is 12.1. The van der Waals surface area contributed by atoms with Crippen molar-refractivity contribution in [3.05, 3.63) is 23.7 Å². The van der Waals surface area contributed by atoms with Crippen LogP contribution in [0.5, 0.6) is 0 Å². The van der Waals surface area contributed by atoms with E-state index in [-0.39, 0.29) is 12.3 Å². The van der Waals surface area contributed by atoms with Crippen LogP contribution in [0.25, 0.3) is 0 Å². The van der Waals surface area contributed by atoms with Crippen molar-refractivity contribution in [3.8, 4) is 0 Å².